The number of anilines is 1. The van der Waals surface area contributed by atoms with E-state index >= 15 is 0 Å². The predicted molar refractivity (Wildman–Crippen MR) is 152 cm³/mol. The third kappa shape index (κ3) is 5.32. The molecule has 0 aliphatic heterocycles. The highest BCUT2D eigenvalue weighted by Gasteiger charge is 2.60. The molecule has 1 saturated carbocycles. The van der Waals surface area contributed by atoms with E-state index < -0.39 is 59.7 Å². The average Bonchev–Trinajstić information content (AvgIpc) is 2.91. The largest absolute Gasteiger partial charge is 0.507 e. The molecule has 11 heteroatoms. The zero-order valence-electron chi connectivity index (χ0n) is 23.8. The Balaban J connectivity index is 1.87. The number of hydrogen-bond donors (Lipinski definition) is 5. The van der Waals surface area contributed by atoms with Crippen molar-refractivity contribution in [2.75, 3.05) is 39.7 Å². The highest BCUT2D eigenvalue weighted by molar-refractivity contribution is 6.23. The molecule has 220 valence electrons. The fraction of sp³-hybridized carbons (Fsp3) is 0.467. The van der Waals surface area contributed by atoms with Gasteiger partial charge in [0.2, 0.25) is 11.7 Å². The van der Waals surface area contributed by atoms with Crippen LogP contribution < -0.4 is 10.6 Å². The molecule has 1 amide bonds. The van der Waals surface area contributed by atoms with Crippen molar-refractivity contribution in [2.45, 2.75) is 43.7 Å². The van der Waals surface area contributed by atoms with Gasteiger partial charge in [0, 0.05) is 49.7 Å². The zero-order valence-corrected chi connectivity index (χ0v) is 23.8. The number of phenols is 1. The minimum Gasteiger partial charge on any atom is -0.507 e. The van der Waals surface area contributed by atoms with E-state index in [1.54, 1.807) is 31.4 Å². The molecule has 0 spiro atoms. The molecule has 6 N–H and O–H groups in total. The van der Waals surface area contributed by atoms with Crippen LogP contribution in [0.1, 0.15) is 35.1 Å². The van der Waals surface area contributed by atoms with Crippen LogP contribution in [-0.4, -0.2) is 94.2 Å². The fourth-order valence-corrected chi connectivity index (χ4v) is 6.36. The molecule has 1 unspecified atom stereocenters. The maximum Gasteiger partial charge on any atom is 0.225 e. The lowest BCUT2D eigenvalue weighted by molar-refractivity contribution is -0.163. The van der Waals surface area contributed by atoms with Gasteiger partial charge in [-0.05, 0) is 74.5 Å². The number of carbonyl (C=O) groups is 3. The number of aryl methyl sites for hydroxylation is 2. The Hall–Kier alpha value is -3.80. The van der Waals surface area contributed by atoms with Gasteiger partial charge in [-0.1, -0.05) is 6.07 Å². The number of Topliss-reactive ketones (excluding diaryl/α,β-unsaturated/α-hetero) is 2. The number of fused-ring (bicyclic) bond motifs is 2. The number of aliphatic hydroxyl groups is 3. The van der Waals surface area contributed by atoms with Crippen molar-refractivity contribution in [2.24, 2.45) is 17.6 Å². The highest BCUT2D eigenvalue weighted by Crippen LogP contribution is 2.51. The van der Waals surface area contributed by atoms with Crippen molar-refractivity contribution in [3.63, 3.8) is 0 Å². The third-order valence-corrected chi connectivity index (χ3v) is 8.44. The second-order valence-electron chi connectivity index (χ2n) is 11.4. The van der Waals surface area contributed by atoms with E-state index in [1.165, 1.54) is 0 Å². The molecule has 1 heterocycles. The summed E-state index contributed by atoms with van der Waals surface area (Å²) in [5.74, 6) is -5.52. The van der Waals surface area contributed by atoms with Crippen LogP contribution in [0, 0.1) is 11.8 Å². The quantitative estimate of drug-likeness (QED) is 0.258. The second-order valence-corrected chi connectivity index (χ2v) is 11.4. The Morgan fingerprint density at radius 2 is 1.90 bits per heavy atom. The van der Waals surface area contributed by atoms with Crippen molar-refractivity contribution >= 4 is 28.9 Å². The number of likely N-dealkylation sites (N-methyl/N-ethyl adjacent to an activating group) is 1. The van der Waals surface area contributed by atoms with Gasteiger partial charge in [0.25, 0.3) is 0 Å². The van der Waals surface area contributed by atoms with Crippen molar-refractivity contribution < 1.29 is 34.8 Å². The summed E-state index contributed by atoms with van der Waals surface area (Å²) >= 11 is 0. The summed E-state index contributed by atoms with van der Waals surface area (Å²) in [5, 5.41) is 45.0. The number of rotatable bonds is 10. The minimum absolute atomic E-state index is 0.0609. The number of aromatic nitrogens is 1. The number of primary amides is 1. The summed E-state index contributed by atoms with van der Waals surface area (Å²) < 4.78 is 0. The molecule has 1 fully saturated rings. The Kier molecular flexibility index (Phi) is 8.53. The minimum atomic E-state index is -2.71. The lowest BCUT2D eigenvalue weighted by atomic mass is 9.59. The van der Waals surface area contributed by atoms with Gasteiger partial charge in [-0.3, -0.25) is 19.4 Å². The lowest BCUT2D eigenvalue weighted by Gasteiger charge is -2.47. The van der Waals surface area contributed by atoms with E-state index in [0.29, 0.717) is 24.0 Å². The SMILES string of the molecule is CN(C)c1cc(CCc2cccnc2)c(O)c2c1C[C@H]1C[C@@H](C(CO)N(C)C)[C@@](O)(C(=O)CC(N)=O)C(=O)C1=C2O. The highest BCUT2D eigenvalue weighted by atomic mass is 16.3. The monoisotopic (exact) mass is 566 g/mol. The van der Waals surface area contributed by atoms with E-state index in [9.17, 15) is 34.8 Å². The van der Waals surface area contributed by atoms with Crippen LogP contribution in [0.25, 0.3) is 5.76 Å². The molecule has 1 aromatic heterocycles. The number of aromatic hydroxyl groups is 1. The molecule has 41 heavy (non-hydrogen) atoms. The van der Waals surface area contributed by atoms with Gasteiger partial charge in [0.05, 0.1) is 18.6 Å². The maximum atomic E-state index is 14.1. The van der Waals surface area contributed by atoms with Gasteiger partial charge in [-0.25, -0.2) is 0 Å². The van der Waals surface area contributed by atoms with E-state index in [1.807, 2.05) is 37.2 Å². The van der Waals surface area contributed by atoms with Crippen molar-refractivity contribution in [3.8, 4) is 5.75 Å². The van der Waals surface area contributed by atoms with Crippen LogP contribution in [-0.2, 0) is 33.6 Å². The number of aliphatic hydroxyl groups excluding tert-OH is 2. The van der Waals surface area contributed by atoms with Crippen LogP contribution >= 0.6 is 0 Å². The van der Waals surface area contributed by atoms with E-state index in [-0.39, 0.29) is 29.7 Å². The topological polar surface area (TPSA) is 178 Å². The molecule has 1 aromatic carbocycles. The summed E-state index contributed by atoms with van der Waals surface area (Å²) in [7, 11) is 6.99. The molecule has 2 aliphatic rings. The number of pyridine rings is 1. The standard InChI is InChI=1S/C30H38N4O7/c1-33(2)21-12-17(8-7-16-6-5-9-32-14-16)27(38)26-19(21)10-18-11-20(22(15-35)34(3)4)30(41,23(36)13-24(31)37)29(40)25(18)28(26)39/h5-6,9,12,14,18,20,22,35,38-39,41H,7-8,10-11,13,15H2,1-4H3,(H2,31,37)/t18-,20-,22?,30+/m0/s1. The molecule has 2 aromatic rings. The first kappa shape index (κ1) is 30.2. The van der Waals surface area contributed by atoms with Crippen molar-refractivity contribution in [1.82, 2.24) is 9.88 Å². The Labute approximate surface area is 238 Å². The zero-order chi connectivity index (χ0) is 30.2. The number of nitrogens with zero attached hydrogens (tertiary/aromatic N) is 3. The molecular weight excluding hydrogens is 528 g/mol. The van der Waals surface area contributed by atoms with Crippen LogP contribution in [0.3, 0.4) is 0 Å². The average molecular weight is 567 g/mol. The first-order chi connectivity index (χ1) is 19.3. The summed E-state index contributed by atoms with van der Waals surface area (Å²) in [6, 6.07) is 4.81. The van der Waals surface area contributed by atoms with Gasteiger partial charge in [0.1, 0.15) is 11.5 Å². The molecule has 0 saturated heterocycles. The van der Waals surface area contributed by atoms with Crippen molar-refractivity contribution in [3.05, 3.63) is 58.4 Å². The Morgan fingerprint density at radius 1 is 1.20 bits per heavy atom. The van der Waals surface area contributed by atoms with E-state index in [2.05, 4.69) is 4.98 Å². The number of amides is 1. The smallest absolute Gasteiger partial charge is 0.225 e. The molecule has 0 radical (unpaired) electrons. The van der Waals surface area contributed by atoms with Crippen LogP contribution in [0.4, 0.5) is 5.69 Å². The van der Waals surface area contributed by atoms with Gasteiger partial charge >= 0.3 is 0 Å². The number of hydrogen-bond acceptors (Lipinski definition) is 10. The van der Waals surface area contributed by atoms with Gasteiger partial charge in [0.15, 0.2) is 11.4 Å². The number of phenolic OH excluding ortho intramolecular Hbond substituents is 1. The van der Waals surface area contributed by atoms with Crippen LogP contribution in [0.2, 0.25) is 0 Å². The van der Waals surface area contributed by atoms with Crippen LogP contribution in [0.5, 0.6) is 5.75 Å². The fourth-order valence-electron chi connectivity index (χ4n) is 6.36. The predicted octanol–water partition coefficient (Wildman–Crippen LogP) is 0.767. The second kappa shape index (κ2) is 11.6. The molecular formula is C30H38N4O7. The van der Waals surface area contributed by atoms with E-state index in [4.69, 9.17) is 5.73 Å². The number of ketones is 2. The molecule has 11 nitrogen and oxygen atoms in total. The molecule has 2 aliphatic carbocycles. The Bertz CT molecular complexity index is 1390. The summed E-state index contributed by atoms with van der Waals surface area (Å²) in [5.41, 5.74) is 5.36. The van der Waals surface area contributed by atoms with Gasteiger partial charge in [-0.15, -0.1) is 0 Å². The number of carbonyl (C=O) groups excluding carboxylic acids is 3. The van der Waals surface area contributed by atoms with Gasteiger partial charge in [-0.2, -0.15) is 0 Å². The van der Waals surface area contributed by atoms with E-state index in [0.717, 1.165) is 11.3 Å². The number of benzene rings is 1. The van der Waals surface area contributed by atoms with Gasteiger partial charge < -0.3 is 36.0 Å². The van der Waals surface area contributed by atoms with Crippen LogP contribution in [0.15, 0.2) is 36.2 Å². The summed E-state index contributed by atoms with van der Waals surface area (Å²) in [6.07, 6.45) is 3.83. The molecule has 0 bridgehead atoms. The third-order valence-electron chi connectivity index (χ3n) is 8.44. The Morgan fingerprint density at radius 3 is 2.46 bits per heavy atom. The number of nitrogens with two attached hydrogens (primary N) is 1. The normalized spacial score (nSPS) is 22.8. The summed E-state index contributed by atoms with van der Waals surface area (Å²) in [4.78, 5) is 46.6. The first-order valence-electron chi connectivity index (χ1n) is 13.6. The molecule has 4 atom stereocenters. The first-order valence-corrected chi connectivity index (χ1v) is 13.6. The summed E-state index contributed by atoms with van der Waals surface area (Å²) in [6.45, 7) is -0.463. The molecule has 4 rings (SSSR count). The lowest BCUT2D eigenvalue weighted by Crippen LogP contribution is -2.64. The van der Waals surface area contributed by atoms with Crippen molar-refractivity contribution in [1.29, 1.82) is 0 Å². The maximum absolute atomic E-state index is 14.1.